The lowest BCUT2D eigenvalue weighted by Crippen LogP contribution is -2.12. The van der Waals surface area contributed by atoms with Crippen molar-refractivity contribution < 1.29 is 4.79 Å². The van der Waals surface area contributed by atoms with Crippen LogP contribution in [0.1, 0.15) is 107 Å². The average Bonchev–Trinajstić information content (AvgIpc) is 2.78. The molecule has 0 aliphatic heterocycles. The Morgan fingerprint density at radius 1 is 0.833 bits per heavy atom. The molecule has 0 N–H and O–H groups in total. The Labute approximate surface area is 183 Å². The van der Waals surface area contributed by atoms with Crippen LogP contribution in [0.25, 0.3) is 11.3 Å². The molecule has 0 aliphatic rings. The molecule has 1 unspecified atom stereocenters. The predicted molar refractivity (Wildman–Crippen MR) is 127 cm³/mol. The molecule has 0 spiro atoms. The number of hydrogen-bond acceptors (Lipinski definition) is 3. The quantitative estimate of drug-likeness (QED) is 0.223. The van der Waals surface area contributed by atoms with Crippen LogP contribution in [0, 0.1) is 5.92 Å². The summed E-state index contributed by atoms with van der Waals surface area (Å²) in [6, 6.07) is 7.80. The van der Waals surface area contributed by atoms with E-state index in [0.717, 1.165) is 41.8 Å². The highest BCUT2D eigenvalue weighted by atomic mass is 16.1. The van der Waals surface area contributed by atoms with Crippen molar-refractivity contribution in [2.24, 2.45) is 5.92 Å². The molecule has 164 valence electrons. The van der Waals surface area contributed by atoms with Crippen molar-refractivity contribution in [1.82, 2.24) is 9.97 Å². The fraction of sp³-hybridized carbons (Fsp3) is 0.593. The lowest BCUT2D eigenvalue weighted by atomic mass is 9.91. The van der Waals surface area contributed by atoms with E-state index in [1.807, 2.05) is 43.6 Å². The monoisotopic (exact) mass is 408 g/mol. The van der Waals surface area contributed by atoms with Gasteiger partial charge >= 0.3 is 0 Å². The summed E-state index contributed by atoms with van der Waals surface area (Å²) in [5.74, 6) is 0.239. The van der Waals surface area contributed by atoms with Gasteiger partial charge in [-0.1, -0.05) is 103 Å². The fourth-order valence-corrected chi connectivity index (χ4v) is 3.99. The Morgan fingerprint density at radius 2 is 1.50 bits per heavy atom. The summed E-state index contributed by atoms with van der Waals surface area (Å²) in [5.41, 5.74) is 3.50. The lowest BCUT2D eigenvalue weighted by molar-refractivity contribution is 0.0924. The maximum absolute atomic E-state index is 12.8. The summed E-state index contributed by atoms with van der Waals surface area (Å²) in [7, 11) is 0. The van der Waals surface area contributed by atoms with Crippen LogP contribution in [0.15, 0.2) is 36.7 Å². The minimum atomic E-state index is 0.0371. The van der Waals surface area contributed by atoms with Crippen LogP contribution in [-0.4, -0.2) is 15.8 Å². The molecule has 3 nitrogen and oxygen atoms in total. The van der Waals surface area contributed by atoms with Gasteiger partial charge in [-0.15, -0.1) is 0 Å². The van der Waals surface area contributed by atoms with Crippen molar-refractivity contribution >= 4 is 5.78 Å². The average molecular weight is 409 g/mol. The summed E-state index contributed by atoms with van der Waals surface area (Å²) >= 11 is 0. The van der Waals surface area contributed by atoms with E-state index >= 15 is 0 Å². The molecular formula is C27H40N2O. The van der Waals surface area contributed by atoms with Crippen molar-refractivity contribution in [2.75, 3.05) is 0 Å². The minimum absolute atomic E-state index is 0.0371. The van der Waals surface area contributed by atoms with Gasteiger partial charge < -0.3 is 0 Å². The molecule has 30 heavy (non-hydrogen) atoms. The Balaban J connectivity index is 1.84. The van der Waals surface area contributed by atoms with Gasteiger partial charge in [-0.3, -0.25) is 14.8 Å². The molecule has 0 saturated carbocycles. The fourth-order valence-electron chi connectivity index (χ4n) is 3.99. The van der Waals surface area contributed by atoms with Crippen LogP contribution in [0.5, 0.6) is 0 Å². The Kier molecular flexibility index (Phi) is 11.4. The maximum atomic E-state index is 12.8. The summed E-state index contributed by atoms with van der Waals surface area (Å²) in [6.45, 7) is 6.40. The van der Waals surface area contributed by atoms with Gasteiger partial charge in [-0.25, -0.2) is 0 Å². The molecule has 0 aliphatic carbocycles. The van der Waals surface area contributed by atoms with E-state index in [1.54, 1.807) is 0 Å². The SMILES string of the molecule is CCCCCCCCCCCc1cnc(-c2ccccc2C(=O)C(C)CCC)cn1. The number of Topliss-reactive ketones (excluding diaryl/α,β-unsaturated/α-hetero) is 1. The zero-order chi connectivity index (χ0) is 21.6. The molecule has 0 radical (unpaired) electrons. The van der Waals surface area contributed by atoms with Gasteiger partial charge in [0.15, 0.2) is 5.78 Å². The van der Waals surface area contributed by atoms with Gasteiger partial charge in [0.05, 0.1) is 17.6 Å². The molecule has 1 aromatic carbocycles. The highest BCUT2D eigenvalue weighted by molar-refractivity contribution is 6.03. The zero-order valence-corrected chi connectivity index (χ0v) is 19.3. The normalized spacial score (nSPS) is 12.1. The molecule has 0 fully saturated rings. The van der Waals surface area contributed by atoms with Gasteiger partial charge in [0.1, 0.15) is 0 Å². The number of carbonyl (C=O) groups excluding carboxylic acids is 1. The summed E-state index contributed by atoms with van der Waals surface area (Å²) in [5, 5.41) is 0. The smallest absolute Gasteiger partial charge is 0.166 e. The second-order valence-corrected chi connectivity index (χ2v) is 8.57. The third-order valence-corrected chi connectivity index (χ3v) is 5.88. The zero-order valence-electron chi connectivity index (χ0n) is 19.3. The topological polar surface area (TPSA) is 42.9 Å². The minimum Gasteiger partial charge on any atom is -0.294 e. The van der Waals surface area contributed by atoms with Gasteiger partial charge in [0, 0.05) is 23.2 Å². The van der Waals surface area contributed by atoms with Gasteiger partial charge in [0.25, 0.3) is 0 Å². The van der Waals surface area contributed by atoms with Crippen LogP contribution in [0.2, 0.25) is 0 Å². The van der Waals surface area contributed by atoms with E-state index < -0.39 is 0 Å². The molecule has 0 saturated heterocycles. The second kappa shape index (κ2) is 14.1. The number of aromatic nitrogens is 2. The summed E-state index contributed by atoms with van der Waals surface area (Å²) in [6.07, 6.45) is 18.6. The third kappa shape index (κ3) is 8.01. The van der Waals surface area contributed by atoms with Crippen molar-refractivity contribution in [3.05, 3.63) is 47.9 Å². The van der Waals surface area contributed by atoms with Crippen molar-refractivity contribution in [3.63, 3.8) is 0 Å². The molecule has 0 amide bonds. The highest BCUT2D eigenvalue weighted by Crippen LogP contribution is 2.25. The van der Waals surface area contributed by atoms with Gasteiger partial charge in [0.2, 0.25) is 0 Å². The molecule has 1 aromatic heterocycles. The first-order valence-electron chi connectivity index (χ1n) is 12.1. The number of ketones is 1. The molecule has 1 atom stereocenters. The molecule has 0 bridgehead atoms. The van der Waals surface area contributed by atoms with Crippen LogP contribution in [-0.2, 0) is 6.42 Å². The number of unbranched alkanes of at least 4 members (excludes halogenated alkanes) is 8. The van der Waals surface area contributed by atoms with Crippen molar-refractivity contribution in [1.29, 1.82) is 0 Å². The molecule has 2 aromatic rings. The predicted octanol–water partition coefficient (Wildman–Crippen LogP) is 7.84. The van der Waals surface area contributed by atoms with Gasteiger partial charge in [-0.05, 0) is 19.3 Å². The largest absolute Gasteiger partial charge is 0.294 e. The van der Waals surface area contributed by atoms with Crippen LogP contribution < -0.4 is 0 Å². The maximum Gasteiger partial charge on any atom is 0.166 e. The third-order valence-electron chi connectivity index (χ3n) is 5.88. The first kappa shape index (κ1) is 24.2. The van der Waals surface area contributed by atoms with Crippen LogP contribution in [0.4, 0.5) is 0 Å². The second-order valence-electron chi connectivity index (χ2n) is 8.57. The summed E-state index contributed by atoms with van der Waals surface area (Å²) in [4.78, 5) is 22.1. The van der Waals surface area contributed by atoms with Crippen LogP contribution in [0.3, 0.4) is 0 Å². The number of hydrogen-bond donors (Lipinski definition) is 0. The Hall–Kier alpha value is -2.03. The molecule has 2 rings (SSSR count). The number of rotatable bonds is 15. The van der Waals surface area contributed by atoms with E-state index in [4.69, 9.17) is 0 Å². The standard InChI is InChI=1S/C27H40N2O/c1-4-6-7-8-9-10-11-12-13-17-23-20-29-26(21-28-23)24-18-14-15-19-25(24)27(30)22(3)16-5-2/h14-15,18-22H,4-13,16-17H2,1-3H3. The number of nitrogens with zero attached hydrogens (tertiary/aromatic N) is 2. The van der Waals surface area contributed by atoms with E-state index in [9.17, 15) is 4.79 Å². The van der Waals surface area contributed by atoms with E-state index in [0.29, 0.717) is 0 Å². The van der Waals surface area contributed by atoms with E-state index in [2.05, 4.69) is 23.8 Å². The first-order valence-corrected chi connectivity index (χ1v) is 12.1. The lowest BCUT2D eigenvalue weighted by Gasteiger charge is -2.13. The molecular weight excluding hydrogens is 368 g/mol. The molecule has 3 heteroatoms. The van der Waals surface area contributed by atoms with Crippen LogP contribution >= 0.6 is 0 Å². The Bertz CT molecular complexity index is 739. The number of benzene rings is 1. The Morgan fingerprint density at radius 3 is 2.13 bits per heavy atom. The molecule has 1 heterocycles. The highest BCUT2D eigenvalue weighted by Gasteiger charge is 2.18. The number of carbonyl (C=O) groups is 1. The van der Waals surface area contributed by atoms with Crippen molar-refractivity contribution in [2.45, 2.75) is 97.8 Å². The number of aryl methyl sites for hydroxylation is 1. The first-order chi connectivity index (χ1) is 14.7. The van der Waals surface area contributed by atoms with E-state index in [-0.39, 0.29) is 11.7 Å². The summed E-state index contributed by atoms with van der Waals surface area (Å²) < 4.78 is 0. The van der Waals surface area contributed by atoms with E-state index in [1.165, 1.54) is 57.8 Å². The van der Waals surface area contributed by atoms with Gasteiger partial charge in [-0.2, -0.15) is 0 Å². The van der Waals surface area contributed by atoms with Crippen molar-refractivity contribution in [3.8, 4) is 11.3 Å².